The maximum absolute atomic E-state index is 13.7. The third kappa shape index (κ3) is 25.5. The monoisotopic (exact) mass is 1500 g/mol. The molecule has 5 aliphatic rings. The average Bonchev–Trinajstić information content (AvgIpc) is 0.765. The maximum atomic E-state index is 13.7. The molecule has 0 aliphatic carbocycles. The van der Waals surface area contributed by atoms with E-state index >= 15 is 0 Å². The van der Waals surface area contributed by atoms with Gasteiger partial charge < -0.3 is 124 Å². The Morgan fingerprint density at radius 3 is 0.760 bits per heavy atom. The van der Waals surface area contributed by atoms with Gasteiger partial charge in [0, 0.05) is 111 Å². The van der Waals surface area contributed by atoms with Crippen LogP contribution in [0.5, 0.6) is 0 Å². The van der Waals surface area contributed by atoms with Gasteiger partial charge in [0.15, 0.2) is 92.5 Å². The summed E-state index contributed by atoms with van der Waals surface area (Å²) in [6, 6.07) is -2.06. The lowest BCUT2D eigenvalue weighted by Crippen LogP contribution is -2.71. The highest BCUT2D eigenvalue weighted by molar-refractivity contribution is 5.74. The predicted molar refractivity (Wildman–Crippen MR) is 321 cm³/mol. The molecule has 0 saturated carbocycles. The number of esters is 15. The number of hydrogen-bond acceptors (Lipinski definition) is 41. The molecule has 5 aliphatic heterocycles. The normalized spacial score (nSPS) is 33.0. The van der Waals surface area contributed by atoms with Crippen LogP contribution in [0.3, 0.4) is 0 Å². The molecule has 5 saturated heterocycles. The van der Waals surface area contributed by atoms with E-state index in [-0.39, 0.29) is 0 Å². The van der Waals surface area contributed by atoms with Gasteiger partial charge in [0.05, 0.1) is 0 Å². The molecular weight excluding hydrogens is 1410 g/mol. The second-order valence-electron chi connectivity index (χ2n) is 23.6. The molecule has 0 aromatic heterocycles. The lowest BCUT2D eigenvalue weighted by Gasteiger charge is -2.52. The highest BCUT2D eigenvalue weighted by Gasteiger charge is 2.63. The molecule has 0 radical (unpaired) electrons. The molecule has 1 amide bonds. The second-order valence-corrected chi connectivity index (χ2v) is 23.6. The Hall–Kier alpha value is -8.88. The van der Waals surface area contributed by atoms with Gasteiger partial charge in [-0.25, -0.2) is 0 Å². The van der Waals surface area contributed by atoms with Crippen molar-refractivity contribution in [2.75, 3.05) is 33.0 Å². The van der Waals surface area contributed by atoms with E-state index in [2.05, 4.69) is 5.32 Å². The van der Waals surface area contributed by atoms with Gasteiger partial charge in [-0.15, -0.1) is 0 Å². The van der Waals surface area contributed by atoms with Gasteiger partial charge in [0.1, 0.15) is 94.0 Å². The molecule has 2 N–H and O–H groups in total. The molecule has 42 nitrogen and oxygen atoms in total. The zero-order chi connectivity index (χ0) is 77.9. The maximum Gasteiger partial charge on any atom is 0.303 e. The van der Waals surface area contributed by atoms with Crippen molar-refractivity contribution in [1.29, 1.82) is 0 Å². The molecule has 5 fully saturated rings. The molecule has 584 valence electrons. The van der Waals surface area contributed by atoms with Crippen molar-refractivity contribution < 1.29 is 196 Å². The van der Waals surface area contributed by atoms with Crippen LogP contribution in [0.4, 0.5) is 0 Å². The smallest absolute Gasteiger partial charge is 0.303 e. The Balaban J connectivity index is 1.80. The number of ether oxygens (including phenoxy) is 24. The minimum absolute atomic E-state index is 0.818. The third-order valence-electron chi connectivity index (χ3n) is 14.8. The van der Waals surface area contributed by atoms with E-state index in [4.69, 9.17) is 114 Å². The Morgan fingerprint density at radius 1 is 0.240 bits per heavy atom. The fourth-order valence-electron chi connectivity index (χ4n) is 11.4. The topological polar surface area (TPSA) is 527 Å². The molecular formula is C62H85NO41. The quantitative estimate of drug-likeness (QED) is 0.0549. The summed E-state index contributed by atoms with van der Waals surface area (Å²) >= 11 is 0. The molecule has 0 aromatic carbocycles. The van der Waals surface area contributed by atoms with Crippen molar-refractivity contribution in [3.63, 3.8) is 0 Å². The minimum Gasteiger partial charge on any atom is -0.463 e. The average molecular weight is 1500 g/mol. The first-order chi connectivity index (χ1) is 48.6. The summed E-state index contributed by atoms with van der Waals surface area (Å²) in [5.41, 5.74) is 0. The first-order valence-electron chi connectivity index (χ1n) is 31.9. The number of aliphatic hydroxyl groups excluding tert-OH is 1. The first kappa shape index (κ1) is 85.8. The van der Waals surface area contributed by atoms with E-state index in [9.17, 15) is 81.8 Å². The van der Waals surface area contributed by atoms with Crippen molar-refractivity contribution in [2.24, 2.45) is 0 Å². The summed E-state index contributed by atoms with van der Waals surface area (Å²) in [6.07, 6.45) is -49.3. The van der Waals surface area contributed by atoms with Crippen molar-refractivity contribution in [3.05, 3.63) is 0 Å². The minimum atomic E-state index is -2.34. The van der Waals surface area contributed by atoms with Gasteiger partial charge in [0.25, 0.3) is 0 Å². The zero-order valence-corrected chi connectivity index (χ0v) is 59.2. The standard InChI is InChI=1S/C62H85NO41/c1-22(64)63-43-49(89-31(10)73)44(101-60-57(95-37(16)79)53(47(88-30(9)72)42(98-60)21-85-27(6)69)104-62-55(93-35(14)77)51(91-33(12)75)45(86-28(7)70)40(100-62)19-83-25(4)67)39(18-82-24(3)66)97-59(43)103-52-46(87-29(8)71)41(20-84-26(5)68)99-61(56(52)94-36(15)78)102-48-38(17-81-23(2)65)96-58(80)54(92-34(13)76)50(48)90-32(11)74/h38-62,80H,17-21H2,1-16H3,(H,63,64)/t38-,39-,40-,41-,42-,43-,44-,45+,46+,47+,48-,49-,50+,51+,52+,53+,54-,55-,56-,57-,58-,59+,60+,61+,62-/m1/s1. The van der Waals surface area contributed by atoms with Crippen LogP contribution in [-0.4, -0.2) is 287 Å². The summed E-state index contributed by atoms with van der Waals surface area (Å²) in [5, 5.41) is 13.7. The number of aliphatic hydroxyl groups is 1. The first-order valence-corrected chi connectivity index (χ1v) is 31.9. The number of nitrogens with one attached hydrogen (secondary N) is 1. The van der Waals surface area contributed by atoms with Crippen molar-refractivity contribution >= 4 is 95.4 Å². The fourth-order valence-corrected chi connectivity index (χ4v) is 11.4. The molecule has 0 aromatic rings. The van der Waals surface area contributed by atoms with Crippen LogP contribution in [0, 0.1) is 0 Å². The molecule has 104 heavy (non-hydrogen) atoms. The third-order valence-corrected chi connectivity index (χ3v) is 14.8. The molecule has 42 heteroatoms. The zero-order valence-electron chi connectivity index (χ0n) is 59.2. The van der Waals surface area contributed by atoms with Gasteiger partial charge in [0.2, 0.25) is 5.91 Å². The lowest BCUT2D eigenvalue weighted by atomic mass is 9.93. The highest BCUT2D eigenvalue weighted by atomic mass is 16.8. The van der Waals surface area contributed by atoms with Gasteiger partial charge in [-0.1, -0.05) is 0 Å². The van der Waals surface area contributed by atoms with Crippen LogP contribution in [0.2, 0.25) is 0 Å². The molecule has 5 rings (SSSR count). The van der Waals surface area contributed by atoms with Gasteiger partial charge >= 0.3 is 89.5 Å². The van der Waals surface area contributed by atoms with Crippen LogP contribution < -0.4 is 5.32 Å². The van der Waals surface area contributed by atoms with Crippen molar-refractivity contribution in [2.45, 2.75) is 264 Å². The number of amides is 1. The number of rotatable bonds is 29. The Morgan fingerprint density at radius 2 is 0.452 bits per heavy atom. The summed E-state index contributed by atoms with van der Waals surface area (Å²) in [6.45, 7) is 10.1. The SMILES string of the molecule is CC(=O)N[C@H]1[C@H](O[C@H]2[C@@H](OC(C)=O)[C@@H](COC(C)=O)O[C@@H](O[C@H]3[C@H](OC(C)=O)[C@@H](OC(C)=O)[C@H](O)O[C@@H]3COC(C)=O)[C@@H]2OC(C)=O)O[C@H](COC(C)=O)[C@@H](O[C@@H]2O[C@H](COC(C)=O)[C@H](OC(C)=O)[C@H](O[C@H]3O[C@H](COC(C)=O)[C@H](OC(C)=O)[C@H](OC(C)=O)[C@H]3OC(C)=O)[C@H]2OC(C)=O)[C@@H]1OC(C)=O. The van der Waals surface area contributed by atoms with Crippen LogP contribution in [0.1, 0.15) is 111 Å². The molecule has 5 heterocycles. The Bertz CT molecular complexity index is 3120. The largest absolute Gasteiger partial charge is 0.463 e. The Kier molecular flexibility index (Phi) is 32.4. The molecule has 0 bridgehead atoms. The van der Waals surface area contributed by atoms with E-state index in [1.54, 1.807) is 0 Å². The molecule has 25 atom stereocenters. The predicted octanol–water partition coefficient (Wildman–Crippen LogP) is -3.22. The number of carbonyl (C=O) groups excluding carboxylic acids is 16. The van der Waals surface area contributed by atoms with Crippen molar-refractivity contribution in [3.8, 4) is 0 Å². The lowest BCUT2D eigenvalue weighted by molar-refractivity contribution is -0.387. The second kappa shape index (κ2) is 39.3. The number of hydrogen-bond donors (Lipinski definition) is 2. The van der Waals surface area contributed by atoms with Gasteiger partial charge in [-0.3, -0.25) is 76.7 Å². The summed E-state index contributed by atoms with van der Waals surface area (Å²) in [5.74, 6) is -17.3. The summed E-state index contributed by atoms with van der Waals surface area (Å²) in [7, 11) is 0. The van der Waals surface area contributed by atoms with E-state index in [0.717, 1.165) is 111 Å². The number of carbonyl (C=O) groups is 16. The van der Waals surface area contributed by atoms with Gasteiger partial charge in [-0.05, 0) is 0 Å². The van der Waals surface area contributed by atoms with Crippen LogP contribution >= 0.6 is 0 Å². The van der Waals surface area contributed by atoms with E-state index in [1.807, 2.05) is 0 Å². The molecule has 0 unspecified atom stereocenters. The van der Waals surface area contributed by atoms with E-state index in [1.165, 1.54) is 0 Å². The van der Waals surface area contributed by atoms with Crippen LogP contribution in [0.25, 0.3) is 0 Å². The Labute approximate surface area is 592 Å². The van der Waals surface area contributed by atoms with Crippen molar-refractivity contribution in [1.82, 2.24) is 5.32 Å². The van der Waals surface area contributed by atoms with Crippen LogP contribution in [0.15, 0.2) is 0 Å². The highest BCUT2D eigenvalue weighted by Crippen LogP contribution is 2.41. The molecule has 0 spiro atoms. The summed E-state index contributed by atoms with van der Waals surface area (Å²) < 4.78 is 141. The van der Waals surface area contributed by atoms with E-state index < -0.39 is 282 Å². The van der Waals surface area contributed by atoms with Crippen LogP contribution in [-0.2, 0) is 190 Å². The fraction of sp³-hybridized carbons (Fsp3) is 0.742. The van der Waals surface area contributed by atoms with Gasteiger partial charge in [-0.2, -0.15) is 0 Å². The summed E-state index contributed by atoms with van der Waals surface area (Å²) in [4.78, 5) is 208. The van der Waals surface area contributed by atoms with E-state index in [0.29, 0.717) is 0 Å².